The molecule has 0 spiro atoms. The number of hydrogen-bond donors (Lipinski definition) is 1. The molecular formula is C21H24F3N3O4. The van der Waals surface area contributed by atoms with E-state index in [4.69, 9.17) is 9.90 Å². The van der Waals surface area contributed by atoms with Gasteiger partial charge in [0.25, 0.3) is 0 Å². The van der Waals surface area contributed by atoms with Gasteiger partial charge in [-0.25, -0.2) is 4.79 Å². The number of hydrogen-bond acceptors (Lipinski definition) is 4. The molecule has 31 heavy (non-hydrogen) atoms. The molecule has 2 aliphatic heterocycles. The maximum atomic E-state index is 12.8. The number of carboxylic acid groups (broad SMARTS) is 1. The van der Waals surface area contributed by atoms with Crippen LogP contribution in [0.3, 0.4) is 0 Å². The molecule has 10 heteroatoms. The second-order valence-corrected chi connectivity index (χ2v) is 7.89. The van der Waals surface area contributed by atoms with Gasteiger partial charge >= 0.3 is 12.1 Å². The molecule has 1 aromatic heterocycles. The second-order valence-electron chi connectivity index (χ2n) is 7.89. The van der Waals surface area contributed by atoms with Crippen LogP contribution in [0.25, 0.3) is 0 Å². The molecule has 0 unspecified atom stereocenters. The van der Waals surface area contributed by atoms with Crippen LogP contribution in [-0.2, 0) is 20.9 Å². The van der Waals surface area contributed by atoms with Crippen LogP contribution in [0.5, 0.6) is 0 Å². The Morgan fingerprint density at radius 2 is 1.84 bits per heavy atom. The monoisotopic (exact) mass is 439 g/mol. The molecule has 4 rings (SSSR count). The number of allylic oxidation sites excluding steroid dienone is 2. The van der Waals surface area contributed by atoms with Gasteiger partial charge in [0, 0.05) is 24.6 Å². The number of halogens is 3. The molecule has 0 aromatic carbocycles. The van der Waals surface area contributed by atoms with Gasteiger partial charge in [-0.15, -0.1) is 0 Å². The number of alkyl halides is 3. The van der Waals surface area contributed by atoms with Crippen LogP contribution in [0, 0.1) is 12.8 Å². The quantitative estimate of drug-likeness (QED) is 0.732. The third kappa shape index (κ3) is 5.23. The molecule has 2 fully saturated rings. The fourth-order valence-electron chi connectivity index (χ4n) is 4.32. The predicted molar refractivity (Wildman–Crippen MR) is 104 cm³/mol. The van der Waals surface area contributed by atoms with Crippen molar-refractivity contribution in [3.63, 3.8) is 0 Å². The lowest BCUT2D eigenvalue weighted by Gasteiger charge is -2.27. The van der Waals surface area contributed by atoms with Gasteiger partial charge in [-0.1, -0.05) is 18.2 Å². The number of carboxylic acids is 1. The highest BCUT2D eigenvalue weighted by molar-refractivity contribution is 5.85. The number of pyridine rings is 1. The summed E-state index contributed by atoms with van der Waals surface area (Å²) < 4.78 is 31.7. The highest BCUT2D eigenvalue weighted by atomic mass is 19.4. The summed E-state index contributed by atoms with van der Waals surface area (Å²) >= 11 is 0. The minimum Gasteiger partial charge on any atom is -0.475 e. The van der Waals surface area contributed by atoms with Crippen molar-refractivity contribution in [2.75, 3.05) is 6.54 Å². The number of carbonyl (C=O) groups is 3. The van der Waals surface area contributed by atoms with Gasteiger partial charge in [0.1, 0.15) is 0 Å². The van der Waals surface area contributed by atoms with Gasteiger partial charge in [0.15, 0.2) is 0 Å². The Balaban J connectivity index is 0.000000339. The molecule has 168 valence electrons. The molecule has 2 atom stereocenters. The van der Waals surface area contributed by atoms with Crippen LogP contribution in [-0.4, -0.2) is 62.5 Å². The number of fused-ring (bicyclic) bond motifs is 1. The summed E-state index contributed by atoms with van der Waals surface area (Å²) in [4.78, 5) is 42.6. The maximum Gasteiger partial charge on any atom is 0.490 e. The molecule has 3 heterocycles. The van der Waals surface area contributed by atoms with E-state index in [1.54, 1.807) is 0 Å². The van der Waals surface area contributed by atoms with Crippen LogP contribution in [0.2, 0.25) is 0 Å². The van der Waals surface area contributed by atoms with E-state index in [-0.39, 0.29) is 29.8 Å². The van der Waals surface area contributed by atoms with Crippen molar-refractivity contribution >= 4 is 17.8 Å². The summed E-state index contributed by atoms with van der Waals surface area (Å²) in [6, 6.07) is 6.11. The summed E-state index contributed by atoms with van der Waals surface area (Å²) in [5.41, 5.74) is 1.89. The van der Waals surface area contributed by atoms with E-state index < -0.39 is 12.1 Å². The molecule has 2 saturated heterocycles. The zero-order valence-corrected chi connectivity index (χ0v) is 17.0. The molecule has 2 amide bonds. The first kappa shape index (κ1) is 22.8. The van der Waals surface area contributed by atoms with Crippen molar-refractivity contribution in [1.29, 1.82) is 0 Å². The Morgan fingerprint density at radius 3 is 2.42 bits per heavy atom. The van der Waals surface area contributed by atoms with Gasteiger partial charge in [0.2, 0.25) is 11.8 Å². The Hall–Kier alpha value is -2.91. The first-order valence-electron chi connectivity index (χ1n) is 10.1. The molecule has 0 saturated carbocycles. The van der Waals surface area contributed by atoms with Gasteiger partial charge in [-0.3, -0.25) is 14.6 Å². The van der Waals surface area contributed by atoms with Crippen molar-refractivity contribution in [3.05, 3.63) is 41.7 Å². The topological polar surface area (TPSA) is 90.8 Å². The van der Waals surface area contributed by atoms with Gasteiger partial charge < -0.3 is 14.9 Å². The molecule has 3 aliphatic rings. The Bertz CT molecular complexity index is 879. The third-order valence-corrected chi connectivity index (χ3v) is 5.78. The number of aromatic nitrogens is 1. The number of aryl methyl sites for hydroxylation is 1. The van der Waals surface area contributed by atoms with Crippen LogP contribution in [0.1, 0.15) is 37.1 Å². The Kier molecular flexibility index (Phi) is 6.66. The summed E-state index contributed by atoms with van der Waals surface area (Å²) in [5, 5.41) is 7.12. The lowest BCUT2D eigenvalue weighted by atomic mass is 10.0. The number of likely N-dealkylation sites (tertiary alicyclic amines) is 2. The largest absolute Gasteiger partial charge is 0.490 e. The zero-order valence-electron chi connectivity index (χ0n) is 17.0. The van der Waals surface area contributed by atoms with Gasteiger partial charge in [-0.2, -0.15) is 13.2 Å². The predicted octanol–water partition coefficient (Wildman–Crippen LogP) is 2.69. The number of amides is 2. The zero-order chi connectivity index (χ0) is 22.8. The van der Waals surface area contributed by atoms with E-state index in [0.29, 0.717) is 13.0 Å². The minimum absolute atomic E-state index is 0.0513. The molecule has 1 N–H and O–H groups in total. The number of nitrogens with zero attached hydrogens (tertiary/aromatic N) is 3. The SMILES string of the molecule is Cc1cccc(CN2C(=O)C[C@@H]3[C@@H]2CCN3C(=O)C2CC=CC2)n1.O=C(O)C(F)(F)F. The first-order chi connectivity index (χ1) is 14.6. The van der Waals surface area contributed by atoms with Crippen LogP contribution in [0.4, 0.5) is 13.2 Å². The van der Waals surface area contributed by atoms with Crippen molar-refractivity contribution in [2.24, 2.45) is 5.92 Å². The number of rotatable bonds is 3. The highest BCUT2D eigenvalue weighted by Gasteiger charge is 2.49. The van der Waals surface area contributed by atoms with E-state index in [2.05, 4.69) is 17.1 Å². The van der Waals surface area contributed by atoms with Crippen molar-refractivity contribution < 1.29 is 32.7 Å². The fourth-order valence-corrected chi connectivity index (χ4v) is 4.32. The molecule has 1 aromatic rings. The molecule has 0 bridgehead atoms. The summed E-state index contributed by atoms with van der Waals surface area (Å²) in [5.74, 6) is -2.29. The van der Waals surface area contributed by atoms with E-state index in [1.165, 1.54) is 0 Å². The van der Waals surface area contributed by atoms with E-state index in [9.17, 15) is 22.8 Å². The van der Waals surface area contributed by atoms with E-state index in [1.807, 2.05) is 34.9 Å². The summed E-state index contributed by atoms with van der Waals surface area (Å²) in [7, 11) is 0. The lowest BCUT2D eigenvalue weighted by Crippen LogP contribution is -2.42. The Labute approximate surface area is 177 Å². The fraction of sp³-hybridized carbons (Fsp3) is 0.524. The summed E-state index contributed by atoms with van der Waals surface area (Å²) in [6.45, 7) is 3.29. The highest BCUT2D eigenvalue weighted by Crippen LogP contribution is 2.35. The molecule has 7 nitrogen and oxygen atoms in total. The van der Waals surface area contributed by atoms with Crippen molar-refractivity contribution in [1.82, 2.24) is 14.8 Å². The molecular weight excluding hydrogens is 415 g/mol. The number of aliphatic carboxylic acids is 1. The molecule has 0 radical (unpaired) electrons. The van der Waals surface area contributed by atoms with Gasteiger partial charge in [0.05, 0.1) is 24.3 Å². The Morgan fingerprint density at radius 1 is 1.19 bits per heavy atom. The lowest BCUT2D eigenvalue weighted by molar-refractivity contribution is -0.192. The standard InChI is InChI=1S/C19H23N3O2.C2HF3O2/c1-13-5-4-8-15(20-13)12-22-16-9-10-21(17(16)11-18(22)23)19(24)14-6-2-3-7-14;3-2(4,5)1(6)7/h2-5,8,14,16-17H,6-7,9-12H2,1H3;(H,6,7)/t16-,17+;/m0./s1. The van der Waals surface area contributed by atoms with Crippen LogP contribution in [0.15, 0.2) is 30.4 Å². The second kappa shape index (κ2) is 9.07. The van der Waals surface area contributed by atoms with Crippen LogP contribution >= 0.6 is 0 Å². The summed E-state index contributed by atoms with van der Waals surface area (Å²) in [6.07, 6.45) is 2.13. The van der Waals surface area contributed by atoms with E-state index >= 15 is 0 Å². The normalized spacial score (nSPS) is 23.0. The maximum absolute atomic E-state index is 12.8. The third-order valence-electron chi connectivity index (χ3n) is 5.78. The average molecular weight is 439 g/mol. The smallest absolute Gasteiger partial charge is 0.475 e. The number of carbonyl (C=O) groups excluding carboxylic acids is 2. The van der Waals surface area contributed by atoms with E-state index in [0.717, 1.165) is 37.2 Å². The van der Waals surface area contributed by atoms with Crippen molar-refractivity contribution in [3.8, 4) is 0 Å². The average Bonchev–Trinajstić information content (AvgIpc) is 3.40. The molecule has 1 aliphatic carbocycles. The van der Waals surface area contributed by atoms with Crippen LogP contribution < -0.4 is 0 Å². The first-order valence-corrected chi connectivity index (χ1v) is 10.1. The van der Waals surface area contributed by atoms with Crippen molar-refractivity contribution in [2.45, 2.75) is 57.4 Å². The minimum atomic E-state index is -5.08. The van der Waals surface area contributed by atoms with Gasteiger partial charge in [-0.05, 0) is 38.3 Å².